The molecule has 2 nitrogen and oxygen atoms in total. The maximum absolute atomic E-state index is 5.52. The van der Waals surface area contributed by atoms with E-state index in [1.807, 2.05) is 0 Å². The van der Waals surface area contributed by atoms with E-state index in [0.29, 0.717) is 12.1 Å². The smallest absolute Gasteiger partial charge is 0.0748 e. The molecule has 0 spiro atoms. The molecular weight excluding hydrogens is 186 g/mol. The maximum Gasteiger partial charge on any atom is 0.0748 e. The van der Waals surface area contributed by atoms with Gasteiger partial charge in [0.1, 0.15) is 0 Å². The van der Waals surface area contributed by atoms with Gasteiger partial charge in [0, 0.05) is 12.3 Å². The highest BCUT2D eigenvalue weighted by Crippen LogP contribution is 2.19. The first kappa shape index (κ1) is 10.5. The van der Waals surface area contributed by atoms with Gasteiger partial charge in [0.05, 0.1) is 12.1 Å². The molecule has 1 heterocycles. The molecule has 1 aliphatic rings. The summed E-state index contributed by atoms with van der Waals surface area (Å²) < 4.78 is 5.52. The van der Waals surface area contributed by atoms with Gasteiger partial charge in [-0.1, -0.05) is 19.1 Å². The summed E-state index contributed by atoms with van der Waals surface area (Å²) in [5.74, 6) is 0. The number of aryl methyl sites for hydroxylation is 1. The van der Waals surface area contributed by atoms with Crippen molar-refractivity contribution >= 4 is 5.69 Å². The van der Waals surface area contributed by atoms with E-state index in [2.05, 4.69) is 43.4 Å². The van der Waals surface area contributed by atoms with Crippen molar-refractivity contribution in [3.05, 3.63) is 29.8 Å². The first-order chi connectivity index (χ1) is 7.29. The van der Waals surface area contributed by atoms with Gasteiger partial charge in [-0.15, -0.1) is 0 Å². The van der Waals surface area contributed by atoms with Crippen molar-refractivity contribution in [2.24, 2.45) is 0 Å². The minimum absolute atomic E-state index is 0.329. The highest BCUT2D eigenvalue weighted by molar-refractivity contribution is 5.45. The summed E-state index contributed by atoms with van der Waals surface area (Å²) in [5, 5.41) is 3.52. The first-order valence-corrected chi connectivity index (χ1v) is 5.76. The monoisotopic (exact) mass is 205 g/mol. The molecule has 0 saturated carbocycles. The highest BCUT2D eigenvalue weighted by atomic mass is 16.5. The van der Waals surface area contributed by atoms with Crippen LogP contribution in [0.15, 0.2) is 24.3 Å². The molecule has 1 aromatic rings. The number of anilines is 1. The van der Waals surface area contributed by atoms with Gasteiger partial charge in [-0.05, 0) is 37.5 Å². The Bertz CT molecular complexity index is 307. The molecule has 0 aliphatic carbocycles. The van der Waals surface area contributed by atoms with Crippen molar-refractivity contribution in [2.75, 3.05) is 11.9 Å². The molecule has 15 heavy (non-hydrogen) atoms. The summed E-state index contributed by atoms with van der Waals surface area (Å²) in [4.78, 5) is 0. The lowest BCUT2D eigenvalue weighted by molar-refractivity contribution is 0.121. The van der Waals surface area contributed by atoms with Gasteiger partial charge >= 0.3 is 0 Å². The molecule has 1 fully saturated rings. The number of ether oxygens (including phenoxy) is 1. The summed E-state index contributed by atoms with van der Waals surface area (Å²) >= 11 is 0. The Labute approximate surface area is 91.6 Å². The third kappa shape index (κ3) is 2.51. The molecular formula is C13H19NO. The van der Waals surface area contributed by atoms with E-state index < -0.39 is 0 Å². The van der Waals surface area contributed by atoms with Crippen LogP contribution < -0.4 is 5.32 Å². The quantitative estimate of drug-likeness (QED) is 0.819. The maximum atomic E-state index is 5.52. The SMILES string of the molecule is CCc1ccc(N[C@H]2CCO[C@@H]2C)cc1. The lowest BCUT2D eigenvalue weighted by atomic mass is 10.1. The summed E-state index contributed by atoms with van der Waals surface area (Å²) in [6, 6.07) is 9.15. The number of benzene rings is 1. The molecule has 1 aromatic carbocycles. The van der Waals surface area contributed by atoms with Crippen LogP contribution in [0.5, 0.6) is 0 Å². The first-order valence-electron chi connectivity index (χ1n) is 5.76. The predicted molar refractivity (Wildman–Crippen MR) is 63.3 cm³/mol. The number of hydrogen-bond donors (Lipinski definition) is 1. The van der Waals surface area contributed by atoms with Crippen LogP contribution in [-0.2, 0) is 11.2 Å². The molecule has 0 radical (unpaired) electrons. The van der Waals surface area contributed by atoms with Crippen LogP contribution >= 0.6 is 0 Å². The average Bonchev–Trinajstić information content (AvgIpc) is 2.66. The fraction of sp³-hybridized carbons (Fsp3) is 0.538. The Morgan fingerprint density at radius 2 is 2.07 bits per heavy atom. The van der Waals surface area contributed by atoms with Crippen molar-refractivity contribution < 1.29 is 4.74 Å². The molecule has 0 amide bonds. The molecule has 1 aliphatic heterocycles. The van der Waals surface area contributed by atoms with Gasteiger partial charge in [0.2, 0.25) is 0 Å². The summed E-state index contributed by atoms with van der Waals surface area (Å²) in [5.41, 5.74) is 2.59. The Balaban J connectivity index is 1.98. The summed E-state index contributed by atoms with van der Waals surface area (Å²) in [7, 11) is 0. The van der Waals surface area contributed by atoms with Gasteiger partial charge in [-0.2, -0.15) is 0 Å². The normalized spacial score (nSPS) is 25.5. The summed E-state index contributed by atoms with van der Waals surface area (Å²) in [6.07, 6.45) is 2.54. The fourth-order valence-corrected chi connectivity index (χ4v) is 1.97. The zero-order valence-electron chi connectivity index (χ0n) is 9.49. The predicted octanol–water partition coefficient (Wildman–Crippen LogP) is 2.84. The molecule has 0 unspecified atom stereocenters. The zero-order valence-corrected chi connectivity index (χ0v) is 9.49. The largest absolute Gasteiger partial charge is 0.380 e. The van der Waals surface area contributed by atoms with Crippen LogP contribution in [0.1, 0.15) is 25.8 Å². The van der Waals surface area contributed by atoms with E-state index >= 15 is 0 Å². The zero-order chi connectivity index (χ0) is 10.7. The second-order valence-electron chi connectivity index (χ2n) is 4.17. The van der Waals surface area contributed by atoms with Crippen LogP contribution in [0.4, 0.5) is 5.69 Å². The minimum atomic E-state index is 0.329. The molecule has 2 atom stereocenters. The molecule has 82 valence electrons. The van der Waals surface area contributed by atoms with Crippen LogP contribution in [0, 0.1) is 0 Å². The van der Waals surface area contributed by atoms with Gasteiger partial charge in [-0.25, -0.2) is 0 Å². The molecule has 0 aromatic heterocycles. The van der Waals surface area contributed by atoms with Gasteiger partial charge in [0.15, 0.2) is 0 Å². The number of hydrogen-bond acceptors (Lipinski definition) is 2. The Kier molecular flexibility index (Phi) is 3.27. The highest BCUT2D eigenvalue weighted by Gasteiger charge is 2.23. The van der Waals surface area contributed by atoms with Crippen molar-refractivity contribution in [3.8, 4) is 0 Å². The number of rotatable bonds is 3. The van der Waals surface area contributed by atoms with E-state index in [9.17, 15) is 0 Å². The summed E-state index contributed by atoms with van der Waals surface area (Å²) in [6.45, 7) is 5.19. The van der Waals surface area contributed by atoms with Crippen molar-refractivity contribution in [1.82, 2.24) is 0 Å². The third-order valence-electron chi connectivity index (χ3n) is 3.09. The van der Waals surface area contributed by atoms with Crippen molar-refractivity contribution in [2.45, 2.75) is 38.8 Å². The van der Waals surface area contributed by atoms with Crippen LogP contribution in [-0.4, -0.2) is 18.8 Å². The second-order valence-corrected chi connectivity index (χ2v) is 4.17. The van der Waals surface area contributed by atoms with E-state index in [0.717, 1.165) is 19.4 Å². The van der Waals surface area contributed by atoms with Crippen LogP contribution in [0.25, 0.3) is 0 Å². The minimum Gasteiger partial charge on any atom is -0.380 e. The molecule has 2 rings (SSSR count). The van der Waals surface area contributed by atoms with Crippen molar-refractivity contribution in [3.63, 3.8) is 0 Å². The van der Waals surface area contributed by atoms with Gasteiger partial charge in [0.25, 0.3) is 0 Å². The van der Waals surface area contributed by atoms with Crippen molar-refractivity contribution in [1.29, 1.82) is 0 Å². The topological polar surface area (TPSA) is 21.3 Å². The third-order valence-corrected chi connectivity index (χ3v) is 3.09. The standard InChI is InChI=1S/C13H19NO/c1-3-11-4-6-12(7-5-11)14-13-8-9-15-10(13)2/h4-7,10,13-14H,3,8-9H2,1-2H3/t10-,13+/m1/s1. The molecule has 1 saturated heterocycles. The van der Waals surface area contributed by atoms with Gasteiger partial charge < -0.3 is 10.1 Å². The van der Waals surface area contributed by atoms with E-state index in [1.54, 1.807) is 0 Å². The number of nitrogens with one attached hydrogen (secondary N) is 1. The van der Waals surface area contributed by atoms with E-state index in [-0.39, 0.29) is 0 Å². The lowest BCUT2D eigenvalue weighted by Gasteiger charge is -2.17. The second kappa shape index (κ2) is 4.67. The molecule has 2 heteroatoms. The Morgan fingerprint density at radius 1 is 1.33 bits per heavy atom. The lowest BCUT2D eigenvalue weighted by Crippen LogP contribution is -2.26. The van der Waals surface area contributed by atoms with Gasteiger partial charge in [-0.3, -0.25) is 0 Å². The Hall–Kier alpha value is -1.02. The average molecular weight is 205 g/mol. The van der Waals surface area contributed by atoms with Crippen LogP contribution in [0.3, 0.4) is 0 Å². The van der Waals surface area contributed by atoms with E-state index in [4.69, 9.17) is 4.74 Å². The van der Waals surface area contributed by atoms with Crippen LogP contribution in [0.2, 0.25) is 0 Å². The molecule has 1 N–H and O–H groups in total. The molecule has 0 bridgehead atoms. The van der Waals surface area contributed by atoms with E-state index in [1.165, 1.54) is 11.3 Å². The Morgan fingerprint density at radius 3 is 2.60 bits per heavy atom. The fourth-order valence-electron chi connectivity index (χ4n) is 1.97.